The first-order chi connectivity index (χ1) is 24.2. The Morgan fingerprint density at radius 3 is 1.50 bits per heavy atom. The first kappa shape index (κ1) is 33.2. The molecule has 50 heavy (non-hydrogen) atoms. The van der Waals surface area contributed by atoms with Gasteiger partial charge in [0.25, 0.3) is 5.91 Å². The van der Waals surface area contributed by atoms with E-state index in [0.29, 0.717) is 5.56 Å². The van der Waals surface area contributed by atoms with E-state index in [4.69, 9.17) is 0 Å². The van der Waals surface area contributed by atoms with Crippen molar-refractivity contribution in [2.45, 2.75) is 6.16 Å². The molecule has 1 N–H and O–H groups in total. The van der Waals surface area contributed by atoms with Gasteiger partial charge in [-0.1, -0.05) is 146 Å². The highest BCUT2D eigenvalue weighted by Gasteiger charge is 2.48. The van der Waals surface area contributed by atoms with Gasteiger partial charge in [-0.15, -0.1) is 0 Å². The lowest BCUT2D eigenvalue weighted by Crippen LogP contribution is -3.00. The summed E-state index contributed by atoms with van der Waals surface area (Å²) in [6.07, 6.45) is 0.851. The fourth-order valence-electron chi connectivity index (χ4n) is 7.19. The number of amides is 1. The van der Waals surface area contributed by atoms with Crippen LogP contribution in [0.15, 0.2) is 194 Å². The van der Waals surface area contributed by atoms with E-state index >= 15 is 0 Å². The van der Waals surface area contributed by atoms with Gasteiger partial charge in [-0.3, -0.25) is 4.79 Å². The van der Waals surface area contributed by atoms with Gasteiger partial charge in [0.15, 0.2) is 0 Å². The monoisotopic (exact) mass is 727 g/mol. The molecule has 0 fully saturated rings. The second-order valence-electron chi connectivity index (χ2n) is 12.3. The Kier molecular flexibility index (Phi) is 9.72. The van der Waals surface area contributed by atoms with Crippen LogP contribution in [0, 0.1) is 0 Å². The molecule has 1 amide bonds. The molecule has 8 aromatic carbocycles. The Morgan fingerprint density at radius 1 is 0.460 bits per heavy atom. The molecular weight excluding hydrogens is 693 g/mol. The molecule has 0 bridgehead atoms. The predicted molar refractivity (Wildman–Crippen MR) is 210 cm³/mol. The third-order valence-electron chi connectivity index (χ3n) is 9.44. The maximum atomic E-state index is 13.9. The quantitative estimate of drug-likeness (QED) is 0.162. The number of hydrogen-bond acceptors (Lipinski definition) is 1. The highest BCUT2D eigenvalue weighted by atomic mass is 79.9. The zero-order valence-corrected chi connectivity index (χ0v) is 29.9. The zero-order valence-electron chi connectivity index (χ0n) is 27.4. The predicted octanol–water partition coefficient (Wildman–Crippen LogP) is 7.41. The molecule has 0 saturated carbocycles. The first-order valence-corrected chi connectivity index (χ1v) is 18.6. The first-order valence-electron chi connectivity index (χ1n) is 16.7. The number of halogens is 1. The topological polar surface area (TPSA) is 29.1 Å². The number of nitrogens with one attached hydrogen (secondary N) is 1. The van der Waals surface area contributed by atoms with Crippen molar-refractivity contribution in [1.29, 1.82) is 0 Å². The van der Waals surface area contributed by atoms with E-state index < -0.39 is 7.26 Å². The van der Waals surface area contributed by atoms with Crippen LogP contribution < -0.4 is 38.2 Å². The minimum atomic E-state index is -2.39. The van der Waals surface area contributed by atoms with Crippen molar-refractivity contribution in [3.05, 3.63) is 205 Å². The van der Waals surface area contributed by atoms with Crippen LogP contribution >= 0.6 is 7.26 Å². The van der Waals surface area contributed by atoms with Gasteiger partial charge < -0.3 is 22.3 Å². The summed E-state index contributed by atoms with van der Waals surface area (Å²) in [6.45, 7) is 0. The highest BCUT2D eigenvalue weighted by Crippen LogP contribution is 2.61. The fraction of sp³-hybridized carbons (Fsp3) is 0.0217. The summed E-state index contributed by atoms with van der Waals surface area (Å²) in [5.41, 5.74) is 4.91. The Labute approximate surface area is 304 Å². The van der Waals surface area contributed by atoms with E-state index in [1.807, 2.05) is 30.3 Å². The largest absolute Gasteiger partial charge is 1.00 e. The Hall–Kier alpha value is -5.34. The molecule has 242 valence electrons. The molecular formula is C46H35BrNOP. The summed E-state index contributed by atoms with van der Waals surface area (Å²) in [7, 11) is -2.39. The smallest absolute Gasteiger partial charge is 0.255 e. The number of hydrogen-bond donors (Lipinski definition) is 1. The standard InChI is InChI=1S/C46H34NOP.BrH/c48-46(37-21-7-2-8-22-37)47-42-31-29-35-19-13-15-27-40(35)44(42)45-41-28-16-14-20-36(41)30-32-43(45)49(38-23-9-3-10-24-38,39-25-11-4-12-26-39)33-34-17-5-1-6-18-34;/h1-32H,33H2;1H. The van der Waals surface area contributed by atoms with Crippen molar-refractivity contribution in [3.8, 4) is 11.1 Å². The number of rotatable bonds is 8. The Balaban J connectivity index is 0.00000392. The number of anilines is 1. The molecule has 0 unspecified atom stereocenters. The average Bonchev–Trinajstić information content (AvgIpc) is 3.18. The second kappa shape index (κ2) is 14.6. The Bertz CT molecular complexity index is 2360. The lowest BCUT2D eigenvalue weighted by atomic mass is 9.92. The van der Waals surface area contributed by atoms with E-state index in [1.165, 1.54) is 21.5 Å². The van der Waals surface area contributed by atoms with Crippen LogP contribution in [0.1, 0.15) is 15.9 Å². The third-order valence-corrected chi connectivity index (χ3v) is 13.8. The number of carbonyl (C=O) groups is 1. The lowest BCUT2D eigenvalue weighted by molar-refractivity contribution is -0.0000168. The molecule has 0 heterocycles. The van der Waals surface area contributed by atoms with Crippen molar-refractivity contribution in [2.75, 3.05) is 5.32 Å². The van der Waals surface area contributed by atoms with Crippen LogP contribution in [0.25, 0.3) is 32.7 Å². The summed E-state index contributed by atoms with van der Waals surface area (Å²) in [5.74, 6) is -0.129. The van der Waals surface area contributed by atoms with Gasteiger partial charge >= 0.3 is 0 Å². The summed E-state index contributed by atoms with van der Waals surface area (Å²) in [6, 6.07) is 68.5. The van der Waals surface area contributed by atoms with Gasteiger partial charge in [-0.25, -0.2) is 0 Å². The maximum Gasteiger partial charge on any atom is 0.255 e. The molecule has 8 aromatic rings. The van der Waals surface area contributed by atoms with Gasteiger partial charge in [0.1, 0.15) is 23.2 Å². The molecule has 0 radical (unpaired) electrons. The summed E-state index contributed by atoms with van der Waals surface area (Å²) in [4.78, 5) is 13.9. The molecule has 0 aliphatic rings. The van der Waals surface area contributed by atoms with Crippen LogP contribution in [-0.4, -0.2) is 5.91 Å². The molecule has 0 aromatic heterocycles. The van der Waals surface area contributed by atoms with E-state index in [9.17, 15) is 4.79 Å². The van der Waals surface area contributed by atoms with Crippen molar-refractivity contribution < 1.29 is 21.8 Å². The molecule has 4 heteroatoms. The van der Waals surface area contributed by atoms with Crippen molar-refractivity contribution >= 4 is 56.3 Å². The summed E-state index contributed by atoms with van der Waals surface area (Å²) < 4.78 is 0. The third kappa shape index (κ3) is 6.16. The van der Waals surface area contributed by atoms with Crippen LogP contribution in [-0.2, 0) is 6.16 Å². The molecule has 0 atom stereocenters. The molecule has 8 rings (SSSR count). The van der Waals surface area contributed by atoms with E-state index in [1.54, 1.807) is 0 Å². The molecule has 0 aliphatic carbocycles. The van der Waals surface area contributed by atoms with Crippen LogP contribution in [0.2, 0.25) is 0 Å². The van der Waals surface area contributed by atoms with Gasteiger partial charge in [-0.05, 0) is 75.6 Å². The molecule has 0 spiro atoms. The van der Waals surface area contributed by atoms with Gasteiger partial charge in [0.2, 0.25) is 0 Å². The Morgan fingerprint density at radius 2 is 0.920 bits per heavy atom. The lowest BCUT2D eigenvalue weighted by Gasteiger charge is -2.31. The molecule has 0 aliphatic heterocycles. The summed E-state index contributed by atoms with van der Waals surface area (Å²) in [5, 5.41) is 11.8. The number of benzene rings is 8. The van der Waals surface area contributed by atoms with Crippen molar-refractivity contribution in [2.24, 2.45) is 0 Å². The van der Waals surface area contributed by atoms with Crippen LogP contribution in [0.5, 0.6) is 0 Å². The summed E-state index contributed by atoms with van der Waals surface area (Å²) >= 11 is 0. The maximum absolute atomic E-state index is 13.9. The minimum absolute atomic E-state index is 0. The minimum Gasteiger partial charge on any atom is -1.00 e. The number of carbonyl (C=O) groups excluding carboxylic acids is 1. The van der Waals surface area contributed by atoms with Crippen molar-refractivity contribution in [1.82, 2.24) is 0 Å². The van der Waals surface area contributed by atoms with Crippen LogP contribution in [0.3, 0.4) is 0 Å². The molecule has 0 saturated heterocycles. The zero-order chi connectivity index (χ0) is 33.0. The van der Waals surface area contributed by atoms with E-state index in [0.717, 1.165) is 44.5 Å². The van der Waals surface area contributed by atoms with Crippen LogP contribution in [0.4, 0.5) is 5.69 Å². The van der Waals surface area contributed by atoms with Gasteiger partial charge in [0.05, 0.1) is 6.16 Å². The van der Waals surface area contributed by atoms with E-state index in [2.05, 4.69) is 169 Å². The second-order valence-corrected chi connectivity index (χ2v) is 15.8. The fourth-order valence-corrected chi connectivity index (χ4v) is 11.6. The van der Waals surface area contributed by atoms with E-state index in [-0.39, 0.29) is 22.9 Å². The number of fused-ring (bicyclic) bond motifs is 2. The normalized spacial score (nSPS) is 11.2. The van der Waals surface area contributed by atoms with Gasteiger partial charge in [-0.2, -0.15) is 0 Å². The van der Waals surface area contributed by atoms with Gasteiger partial charge in [0, 0.05) is 22.4 Å². The van der Waals surface area contributed by atoms with Crippen molar-refractivity contribution in [3.63, 3.8) is 0 Å². The molecule has 2 nitrogen and oxygen atoms in total. The SMILES string of the molecule is O=C(Nc1ccc2ccccc2c1-c1c([P+](Cc2ccccc2)(c2ccccc2)c2ccccc2)ccc2ccccc12)c1ccccc1.[Br-]. The average molecular weight is 729 g/mol. The highest BCUT2D eigenvalue weighted by molar-refractivity contribution is 7.95.